The van der Waals surface area contributed by atoms with Gasteiger partial charge in [0.2, 0.25) is 0 Å². The third-order valence-corrected chi connectivity index (χ3v) is 5.55. The Morgan fingerprint density at radius 3 is 2.47 bits per heavy atom. The fraction of sp³-hybridized carbons (Fsp3) is 0.261. The van der Waals surface area contributed by atoms with Gasteiger partial charge in [0.15, 0.2) is 5.82 Å². The highest BCUT2D eigenvalue weighted by atomic mass is 35.5. The van der Waals surface area contributed by atoms with E-state index in [-0.39, 0.29) is 6.03 Å². The van der Waals surface area contributed by atoms with Crippen molar-refractivity contribution in [3.8, 4) is 22.8 Å². The summed E-state index contributed by atoms with van der Waals surface area (Å²) in [5, 5.41) is 12.2. The topological polar surface area (TPSA) is 79.8 Å². The average molecular weight is 454 g/mol. The van der Waals surface area contributed by atoms with Crippen molar-refractivity contribution >= 4 is 29.1 Å². The van der Waals surface area contributed by atoms with Crippen LogP contribution in [0.15, 0.2) is 54.6 Å². The summed E-state index contributed by atoms with van der Waals surface area (Å²) in [4.78, 5) is 16.6. The summed E-state index contributed by atoms with van der Waals surface area (Å²) >= 11 is 6.05. The normalized spacial score (nSPS) is 13.6. The van der Waals surface area contributed by atoms with Crippen molar-refractivity contribution in [3.63, 3.8) is 0 Å². The summed E-state index contributed by atoms with van der Waals surface area (Å²) in [6.07, 6.45) is 0. The molecule has 0 bridgehead atoms. The van der Waals surface area contributed by atoms with Gasteiger partial charge in [-0.15, -0.1) is 10.2 Å². The molecule has 32 heavy (non-hydrogen) atoms. The second kappa shape index (κ2) is 9.74. The van der Waals surface area contributed by atoms with E-state index in [1.807, 2.05) is 36.4 Å². The van der Waals surface area contributed by atoms with E-state index >= 15 is 0 Å². The summed E-state index contributed by atoms with van der Waals surface area (Å²) in [6.45, 7) is 2.45. The van der Waals surface area contributed by atoms with E-state index in [1.165, 1.54) is 0 Å². The predicted molar refractivity (Wildman–Crippen MR) is 125 cm³/mol. The Labute approximate surface area is 191 Å². The number of aromatic nitrogens is 2. The Morgan fingerprint density at radius 2 is 1.78 bits per heavy atom. The molecule has 1 aliphatic rings. The zero-order valence-corrected chi connectivity index (χ0v) is 18.7. The van der Waals surface area contributed by atoms with Crippen LogP contribution in [0.2, 0.25) is 5.02 Å². The number of hydrogen-bond acceptors (Lipinski definition) is 6. The van der Waals surface area contributed by atoms with Gasteiger partial charge < -0.3 is 24.6 Å². The molecule has 2 heterocycles. The molecule has 1 aliphatic heterocycles. The number of carbonyl (C=O) groups is 1. The monoisotopic (exact) mass is 453 g/mol. The molecule has 9 heteroatoms. The number of carbonyl (C=O) groups excluding carboxylic acids is 1. The average Bonchev–Trinajstić information content (AvgIpc) is 2.84. The molecule has 2 amide bonds. The lowest BCUT2D eigenvalue weighted by Crippen LogP contribution is -2.50. The minimum absolute atomic E-state index is 0.190. The first kappa shape index (κ1) is 21.7. The molecule has 166 valence electrons. The van der Waals surface area contributed by atoms with E-state index in [2.05, 4.69) is 20.4 Å². The van der Waals surface area contributed by atoms with Crippen molar-refractivity contribution in [2.24, 2.45) is 0 Å². The zero-order valence-electron chi connectivity index (χ0n) is 17.9. The molecule has 1 N–H and O–H groups in total. The first-order valence-electron chi connectivity index (χ1n) is 10.2. The van der Waals surface area contributed by atoms with Gasteiger partial charge in [-0.1, -0.05) is 23.7 Å². The Kier molecular flexibility index (Phi) is 6.61. The molecule has 0 spiro atoms. The van der Waals surface area contributed by atoms with Crippen LogP contribution < -0.4 is 19.7 Å². The molecular formula is C23H24ClN5O3. The molecule has 1 saturated heterocycles. The van der Waals surface area contributed by atoms with Gasteiger partial charge in [-0.3, -0.25) is 0 Å². The lowest BCUT2D eigenvalue weighted by Gasteiger charge is -2.35. The van der Waals surface area contributed by atoms with Crippen LogP contribution in [0.25, 0.3) is 11.3 Å². The van der Waals surface area contributed by atoms with E-state index in [0.717, 1.165) is 22.8 Å². The summed E-state index contributed by atoms with van der Waals surface area (Å²) < 4.78 is 10.6. The molecule has 0 saturated carbocycles. The van der Waals surface area contributed by atoms with Crippen LogP contribution in [0.4, 0.5) is 16.3 Å². The predicted octanol–water partition coefficient (Wildman–Crippen LogP) is 4.17. The molecule has 0 atom stereocenters. The number of benzene rings is 2. The number of urea groups is 1. The van der Waals surface area contributed by atoms with Crippen LogP contribution in [-0.2, 0) is 0 Å². The lowest BCUT2D eigenvalue weighted by atomic mass is 10.1. The maximum Gasteiger partial charge on any atom is 0.322 e. The molecule has 4 rings (SSSR count). The molecule has 1 aromatic heterocycles. The molecule has 0 unspecified atom stereocenters. The molecule has 2 aromatic carbocycles. The SMILES string of the molecule is COc1cccc(-c2ccc(N3CCN(C(=O)Nc4cc(Cl)ccc4OC)CC3)nn2)c1. The highest BCUT2D eigenvalue weighted by Crippen LogP contribution is 2.28. The number of rotatable bonds is 5. The Bertz CT molecular complexity index is 1090. The first-order chi connectivity index (χ1) is 15.6. The largest absolute Gasteiger partial charge is 0.497 e. The highest BCUT2D eigenvalue weighted by Gasteiger charge is 2.23. The molecule has 0 aliphatic carbocycles. The van der Waals surface area contributed by atoms with E-state index in [9.17, 15) is 4.79 Å². The van der Waals surface area contributed by atoms with Crippen LogP contribution in [-0.4, -0.2) is 61.5 Å². The molecule has 8 nitrogen and oxygen atoms in total. The number of ether oxygens (including phenoxy) is 2. The van der Waals surface area contributed by atoms with Gasteiger partial charge in [-0.25, -0.2) is 4.79 Å². The zero-order chi connectivity index (χ0) is 22.5. The molecular weight excluding hydrogens is 430 g/mol. The van der Waals surface area contributed by atoms with Crippen molar-refractivity contribution in [2.75, 3.05) is 50.6 Å². The van der Waals surface area contributed by atoms with Crippen LogP contribution in [0.3, 0.4) is 0 Å². The first-order valence-corrected chi connectivity index (χ1v) is 10.6. The van der Waals surface area contributed by atoms with Crippen molar-refractivity contribution in [2.45, 2.75) is 0 Å². The number of nitrogens with one attached hydrogen (secondary N) is 1. The molecule has 1 fully saturated rings. The third-order valence-electron chi connectivity index (χ3n) is 5.31. The second-order valence-corrected chi connectivity index (χ2v) is 7.69. The number of halogens is 1. The van der Waals surface area contributed by atoms with Gasteiger partial charge in [0.1, 0.15) is 11.5 Å². The van der Waals surface area contributed by atoms with Gasteiger partial charge in [0.25, 0.3) is 0 Å². The second-order valence-electron chi connectivity index (χ2n) is 7.26. The summed E-state index contributed by atoms with van der Waals surface area (Å²) in [5.41, 5.74) is 2.27. The van der Waals surface area contributed by atoms with Crippen molar-refractivity contribution < 1.29 is 14.3 Å². The fourth-order valence-corrected chi connectivity index (χ4v) is 3.71. The van der Waals surface area contributed by atoms with E-state index in [4.69, 9.17) is 21.1 Å². The lowest BCUT2D eigenvalue weighted by molar-refractivity contribution is 0.208. The summed E-state index contributed by atoms with van der Waals surface area (Å²) in [6, 6.07) is 16.5. The smallest absolute Gasteiger partial charge is 0.322 e. The fourth-order valence-electron chi connectivity index (χ4n) is 3.54. The van der Waals surface area contributed by atoms with Crippen molar-refractivity contribution in [1.29, 1.82) is 0 Å². The van der Waals surface area contributed by atoms with E-state index in [1.54, 1.807) is 37.3 Å². The third kappa shape index (κ3) is 4.86. The van der Waals surface area contributed by atoms with Crippen LogP contribution in [0.5, 0.6) is 11.5 Å². The molecule has 3 aromatic rings. The maximum atomic E-state index is 12.7. The summed E-state index contributed by atoms with van der Waals surface area (Å²) in [7, 11) is 3.19. The number of hydrogen-bond donors (Lipinski definition) is 1. The maximum absolute atomic E-state index is 12.7. The van der Waals surface area contributed by atoms with Gasteiger partial charge in [0.05, 0.1) is 25.6 Å². The Hall–Kier alpha value is -3.52. The Balaban J connectivity index is 1.36. The number of methoxy groups -OCH3 is 2. The number of anilines is 2. The molecule has 0 radical (unpaired) electrons. The number of piperazine rings is 1. The number of amides is 2. The highest BCUT2D eigenvalue weighted by molar-refractivity contribution is 6.31. The van der Waals surface area contributed by atoms with Gasteiger partial charge >= 0.3 is 6.03 Å². The van der Waals surface area contributed by atoms with Crippen LogP contribution in [0.1, 0.15) is 0 Å². The standard InChI is InChI=1S/C23H24ClN5O3/c1-31-18-5-3-4-16(14-18)19-7-9-22(27-26-19)28-10-12-29(13-11-28)23(30)25-20-15-17(24)6-8-21(20)32-2/h3-9,14-15H,10-13H2,1-2H3,(H,25,30). The van der Waals surface area contributed by atoms with Crippen molar-refractivity contribution in [3.05, 3.63) is 59.6 Å². The van der Waals surface area contributed by atoms with Gasteiger partial charge in [-0.05, 0) is 42.5 Å². The number of nitrogens with zero attached hydrogens (tertiary/aromatic N) is 4. The van der Waals surface area contributed by atoms with Gasteiger partial charge in [-0.2, -0.15) is 0 Å². The van der Waals surface area contributed by atoms with Crippen LogP contribution in [0, 0.1) is 0 Å². The quantitative estimate of drug-likeness (QED) is 0.624. The van der Waals surface area contributed by atoms with Crippen molar-refractivity contribution in [1.82, 2.24) is 15.1 Å². The van der Waals surface area contributed by atoms with Crippen LogP contribution >= 0.6 is 11.6 Å². The van der Waals surface area contributed by atoms with E-state index < -0.39 is 0 Å². The minimum Gasteiger partial charge on any atom is -0.497 e. The van der Waals surface area contributed by atoms with Gasteiger partial charge in [0, 0.05) is 36.8 Å². The Morgan fingerprint density at radius 1 is 0.969 bits per heavy atom. The van der Waals surface area contributed by atoms with E-state index in [0.29, 0.717) is 42.6 Å². The summed E-state index contributed by atoms with van der Waals surface area (Å²) in [5.74, 6) is 2.12. The minimum atomic E-state index is -0.190.